The summed E-state index contributed by atoms with van der Waals surface area (Å²) < 4.78 is 1.05. The first-order valence-corrected chi connectivity index (χ1v) is 11.1. The van der Waals surface area contributed by atoms with E-state index in [1.807, 2.05) is 12.1 Å². The number of halogens is 1. The number of hydrogen-bond donors (Lipinski definition) is 0. The molecule has 0 aliphatic carbocycles. The molecule has 0 saturated carbocycles. The van der Waals surface area contributed by atoms with E-state index in [1.165, 1.54) is 5.56 Å². The van der Waals surface area contributed by atoms with E-state index in [2.05, 4.69) is 97.2 Å². The number of hydrogen-bond acceptors (Lipinski definition) is 2. The summed E-state index contributed by atoms with van der Waals surface area (Å²) in [7, 11) is 2.22. The fourth-order valence-corrected chi connectivity index (χ4v) is 4.29. The van der Waals surface area contributed by atoms with Crippen molar-refractivity contribution in [2.75, 3.05) is 13.6 Å². The molecule has 0 fully saturated rings. The van der Waals surface area contributed by atoms with Gasteiger partial charge in [-0.3, -0.25) is 0 Å². The van der Waals surface area contributed by atoms with Gasteiger partial charge in [-0.05, 0) is 61.9 Å². The third kappa shape index (κ3) is 5.69. The summed E-state index contributed by atoms with van der Waals surface area (Å²) in [5.41, 5.74) is 2.08. The van der Waals surface area contributed by atoms with Crippen LogP contribution in [-0.2, 0) is 11.8 Å². The molecular formula is C25H33BrN2. The predicted molar refractivity (Wildman–Crippen MR) is 122 cm³/mol. The maximum absolute atomic E-state index is 10.2. The first kappa shape index (κ1) is 22.7. The third-order valence-electron chi connectivity index (χ3n) is 6.11. The maximum atomic E-state index is 10.2. The van der Waals surface area contributed by atoms with Crippen molar-refractivity contribution in [2.24, 2.45) is 5.92 Å². The molecule has 0 aliphatic heterocycles. The Kier molecular flexibility index (Phi) is 8.73. The topological polar surface area (TPSA) is 27.0 Å². The summed E-state index contributed by atoms with van der Waals surface area (Å²) in [5, 5.41) is 10.2. The molecule has 2 aromatic carbocycles. The molecule has 2 atom stereocenters. The lowest BCUT2D eigenvalue weighted by molar-refractivity contribution is 0.206. The molecule has 0 spiro atoms. The van der Waals surface area contributed by atoms with Crippen molar-refractivity contribution < 1.29 is 0 Å². The van der Waals surface area contributed by atoms with Crippen LogP contribution in [0.15, 0.2) is 59.1 Å². The number of likely N-dealkylation sites (N-methyl/N-ethyl adjacent to an activating group) is 1. The lowest BCUT2D eigenvalue weighted by atomic mass is 9.69. The maximum Gasteiger partial charge on any atom is 0.0845 e. The molecule has 0 aliphatic rings. The van der Waals surface area contributed by atoms with Crippen molar-refractivity contribution in [3.63, 3.8) is 0 Å². The molecule has 0 bridgehead atoms. The Morgan fingerprint density at radius 3 is 2.25 bits per heavy atom. The van der Waals surface area contributed by atoms with E-state index in [-0.39, 0.29) is 5.92 Å². The average molecular weight is 441 g/mol. The van der Waals surface area contributed by atoms with Gasteiger partial charge in [-0.15, -0.1) is 0 Å². The zero-order valence-corrected chi connectivity index (χ0v) is 19.2. The molecule has 2 unspecified atom stereocenters. The summed E-state index contributed by atoms with van der Waals surface area (Å²) in [6.07, 6.45) is 4.08. The minimum Gasteiger partial charge on any atom is -0.303 e. The summed E-state index contributed by atoms with van der Waals surface area (Å²) in [4.78, 5) is 2.47. The molecule has 0 amide bonds. The monoisotopic (exact) mass is 440 g/mol. The van der Waals surface area contributed by atoms with Gasteiger partial charge in [-0.1, -0.05) is 79.2 Å². The molecule has 2 aromatic rings. The summed E-state index contributed by atoms with van der Waals surface area (Å²) in [6, 6.07) is 22.2. The van der Waals surface area contributed by atoms with Crippen LogP contribution in [0.1, 0.15) is 51.2 Å². The second kappa shape index (κ2) is 10.8. The lowest BCUT2D eigenvalue weighted by Crippen LogP contribution is -2.37. The van der Waals surface area contributed by atoms with Crippen LogP contribution >= 0.6 is 15.9 Å². The molecule has 0 N–H and O–H groups in total. The lowest BCUT2D eigenvalue weighted by Gasteiger charge is -2.35. The van der Waals surface area contributed by atoms with Gasteiger partial charge in [0, 0.05) is 17.1 Å². The van der Waals surface area contributed by atoms with Crippen molar-refractivity contribution >= 4 is 15.9 Å². The van der Waals surface area contributed by atoms with Crippen LogP contribution in [0.3, 0.4) is 0 Å². The first-order chi connectivity index (χ1) is 13.4. The van der Waals surface area contributed by atoms with E-state index < -0.39 is 5.41 Å². The fraction of sp³-hybridized carbons (Fsp3) is 0.480. The second-order valence-electron chi connectivity index (χ2n) is 8.06. The van der Waals surface area contributed by atoms with E-state index in [1.54, 1.807) is 0 Å². The molecule has 2 nitrogen and oxygen atoms in total. The Labute approximate surface area is 179 Å². The van der Waals surface area contributed by atoms with E-state index in [0.29, 0.717) is 6.04 Å². The predicted octanol–water partition coefficient (Wildman–Crippen LogP) is 6.60. The largest absolute Gasteiger partial charge is 0.303 e. The first-order valence-electron chi connectivity index (χ1n) is 10.3. The number of rotatable bonds is 10. The van der Waals surface area contributed by atoms with Crippen LogP contribution in [0.2, 0.25) is 0 Å². The number of benzene rings is 2. The Bertz CT molecular complexity index is 748. The van der Waals surface area contributed by atoms with Gasteiger partial charge < -0.3 is 4.90 Å². The van der Waals surface area contributed by atoms with E-state index in [4.69, 9.17) is 0 Å². The Hall–Kier alpha value is -1.63. The molecule has 28 heavy (non-hydrogen) atoms. The molecule has 0 radical (unpaired) electrons. The van der Waals surface area contributed by atoms with Crippen LogP contribution in [0, 0.1) is 17.2 Å². The van der Waals surface area contributed by atoms with Gasteiger partial charge in [0.15, 0.2) is 0 Å². The van der Waals surface area contributed by atoms with Gasteiger partial charge in [0.25, 0.3) is 0 Å². The number of nitrogens with zero attached hydrogens (tertiary/aromatic N) is 2. The van der Waals surface area contributed by atoms with Crippen molar-refractivity contribution in [1.82, 2.24) is 4.90 Å². The molecular weight excluding hydrogens is 408 g/mol. The minimum atomic E-state index is -0.436. The fourth-order valence-electron chi connectivity index (χ4n) is 4.03. The highest BCUT2D eigenvalue weighted by atomic mass is 79.9. The van der Waals surface area contributed by atoms with Gasteiger partial charge in [0.2, 0.25) is 0 Å². The Morgan fingerprint density at radius 2 is 1.71 bits per heavy atom. The molecule has 0 saturated heterocycles. The normalized spacial score (nSPS) is 14.6. The zero-order chi connectivity index (χ0) is 20.6. The summed E-state index contributed by atoms with van der Waals surface area (Å²) >= 11 is 3.51. The van der Waals surface area contributed by atoms with Crippen LogP contribution in [-0.4, -0.2) is 24.5 Å². The minimum absolute atomic E-state index is 0.269. The van der Waals surface area contributed by atoms with E-state index >= 15 is 0 Å². The van der Waals surface area contributed by atoms with Crippen LogP contribution in [0.5, 0.6) is 0 Å². The second-order valence-corrected chi connectivity index (χ2v) is 8.98. The highest BCUT2D eigenvalue weighted by Crippen LogP contribution is 2.38. The van der Waals surface area contributed by atoms with Gasteiger partial charge in [0.1, 0.15) is 0 Å². The zero-order valence-electron chi connectivity index (χ0n) is 17.7. The van der Waals surface area contributed by atoms with Gasteiger partial charge >= 0.3 is 0 Å². The van der Waals surface area contributed by atoms with Crippen LogP contribution in [0.25, 0.3) is 0 Å². The van der Waals surface area contributed by atoms with Crippen molar-refractivity contribution in [3.8, 4) is 6.07 Å². The number of nitriles is 1. The van der Waals surface area contributed by atoms with E-state index in [0.717, 1.165) is 42.3 Å². The van der Waals surface area contributed by atoms with Crippen molar-refractivity contribution in [2.45, 2.75) is 57.9 Å². The highest BCUT2D eigenvalue weighted by molar-refractivity contribution is 9.10. The molecule has 2 rings (SSSR count). The Morgan fingerprint density at radius 1 is 1.07 bits per heavy atom. The summed E-state index contributed by atoms with van der Waals surface area (Å²) in [6.45, 7) is 7.64. The molecule has 0 aromatic heterocycles. The molecule has 3 heteroatoms. The Balaban J connectivity index is 2.07. The van der Waals surface area contributed by atoms with Gasteiger partial charge in [0.05, 0.1) is 11.5 Å². The smallest absolute Gasteiger partial charge is 0.0845 e. The van der Waals surface area contributed by atoms with E-state index in [9.17, 15) is 5.26 Å². The SMILES string of the molecule is CCC(CCC(C#N)(c1ccc(Br)cc1)C(C)C)N(C)CCc1ccccc1. The quantitative estimate of drug-likeness (QED) is 0.415. The van der Waals surface area contributed by atoms with Gasteiger partial charge in [-0.25, -0.2) is 0 Å². The standard InChI is InChI=1S/C25H33BrN2/c1-5-24(28(4)18-16-21-9-7-6-8-10-21)15-17-25(19-27,20(2)3)22-11-13-23(26)14-12-22/h6-14,20,24H,5,15-18H2,1-4H3. The van der Waals surface area contributed by atoms with Crippen LogP contribution in [0.4, 0.5) is 0 Å². The van der Waals surface area contributed by atoms with Crippen molar-refractivity contribution in [3.05, 3.63) is 70.2 Å². The third-order valence-corrected chi connectivity index (χ3v) is 6.64. The highest BCUT2D eigenvalue weighted by Gasteiger charge is 2.36. The van der Waals surface area contributed by atoms with Crippen LogP contribution < -0.4 is 0 Å². The molecule has 150 valence electrons. The summed E-state index contributed by atoms with van der Waals surface area (Å²) in [5.74, 6) is 0.269. The molecule has 0 heterocycles. The average Bonchev–Trinajstić information content (AvgIpc) is 2.71. The van der Waals surface area contributed by atoms with Crippen molar-refractivity contribution in [1.29, 1.82) is 5.26 Å². The van der Waals surface area contributed by atoms with Gasteiger partial charge in [-0.2, -0.15) is 5.26 Å².